The number of methoxy groups -OCH3 is 1. The number of sulfone groups is 1. The minimum Gasteiger partial charge on any atom is -0.495 e. The van der Waals surface area contributed by atoms with E-state index >= 15 is 0 Å². The highest BCUT2D eigenvalue weighted by Crippen LogP contribution is 2.31. The molecule has 1 aromatic carbocycles. The number of nitrogens with one attached hydrogen (secondary N) is 1. The zero-order chi connectivity index (χ0) is 21.1. The zero-order valence-corrected chi connectivity index (χ0v) is 17.2. The van der Waals surface area contributed by atoms with E-state index in [-0.39, 0.29) is 34.3 Å². The second-order valence-electron chi connectivity index (χ2n) is 6.51. The van der Waals surface area contributed by atoms with Crippen molar-refractivity contribution in [2.75, 3.05) is 37.1 Å². The molecule has 1 aliphatic heterocycles. The number of rotatable bonds is 8. The minimum absolute atomic E-state index is 0.0917. The van der Waals surface area contributed by atoms with E-state index in [9.17, 15) is 26.7 Å². The standard InChI is InChI=1S/C16H24N2O8S2/c1-11(20)17-15-7-14(3-4-16(15)26-2)28(24,25)18(8-13(21)9-19)12-5-6-27(22,23)10-12/h3-4,7,12-13,19,21H,5-6,8-10H2,1-2H3,(H,17,20)/t12-,13+/m0/s1. The lowest BCUT2D eigenvalue weighted by atomic mass is 10.2. The maximum absolute atomic E-state index is 13.2. The molecule has 1 saturated heterocycles. The number of aliphatic hydroxyl groups is 2. The van der Waals surface area contributed by atoms with Gasteiger partial charge in [-0.2, -0.15) is 4.31 Å². The highest BCUT2D eigenvalue weighted by atomic mass is 32.2. The van der Waals surface area contributed by atoms with Gasteiger partial charge in [-0.05, 0) is 24.6 Å². The molecule has 0 unspecified atom stereocenters. The average molecular weight is 437 g/mol. The number of hydrogen-bond donors (Lipinski definition) is 3. The molecule has 2 rings (SSSR count). The van der Waals surface area contributed by atoms with Crippen LogP contribution in [0.3, 0.4) is 0 Å². The number of hydrogen-bond acceptors (Lipinski definition) is 8. The van der Waals surface area contributed by atoms with Gasteiger partial charge >= 0.3 is 0 Å². The van der Waals surface area contributed by atoms with Crippen molar-refractivity contribution in [3.05, 3.63) is 18.2 Å². The van der Waals surface area contributed by atoms with Crippen LogP contribution in [0.4, 0.5) is 5.69 Å². The van der Waals surface area contributed by atoms with Crippen LogP contribution in [0, 0.1) is 0 Å². The Morgan fingerprint density at radius 1 is 1.43 bits per heavy atom. The van der Waals surface area contributed by atoms with Crippen molar-refractivity contribution in [2.45, 2.75) is 30.4 Å². The van der Waals surface area contributed by atoms with Gasteiger partial charge in [0.25, 0.3) is 0 Å². The molecule has 0 bridgehead atoms. The molecule has 0 radical (unpaired) electrons. The van der Waals surface area contributed by atoms with Crippen molar-refractivity contribution >= 4 is 31.5 Å². The van der Waals surface area contributed by atoms with Gasteiger partial charge in [-0.3, -0.25) is 4.79 Å². The van der Waals surface area contributed by atoms with Crippen LogP contribution in [0.1, 0.15) is 13.3 Å². The predicted molar refractivity (Wildman–Crippen MR) is 101 cm³/mol. The highest BCUT2D eigenvalue weighted by Gasteiger charge is 2.39. The first-order valence-corrected chi connectivity index (χ1v) is 11.7. The summed E-state index contributed by atoms with van der Waals surface area (Å²) in [6.07, 6.45) is -1.28. The van der Waals surface area contributed by atoms with Crippen molar-refractivity contribution in [2.24, 2.45) is 0 Å². The maximum atomic E-state index is 13.2. The van der Waals surface area contributed by atoms with Crippen LogP contribution in [0.2, 0.25) is 0 Å². The van der Waals surface area contributed by atoms with Crippen LogP contribution < -0.4 is 10.1 Å². The Kier molecular flexibility index (Phi) is 7.04. The Morgan fingerprint density at radius 3 is 2.61 bits per heavy atom. The quantitative estimate of drug-likeness (QED) is 0.478. The van der Waals surface area contributed by atoms with E-state index in [4.69, 9.17) is 9.84 Å². The lowest BCUT2D eigenvalue weighted by molar-refractivity contribution is -0.114. The average Bonchev–Trinajstić information content (AvgIpc) is 2.98. The summed E-state index contributed by atoms with van der Waals surface area (Å²) in [4.78, 5) is 11.2. The van der Waals surface area contributed by atoms with Gasteiger partial charge in [0.05, 0.1) is 41.9 Å². The fourth-order valence-corrected chi connectivity index (χ4v) is 6.53. The molecular weight excluding hydrogens is 412 g/mol. The van der Waals surface area contributed by atoms with Gasteiger partial charge in [0.2, 0.25) is 15.9 Å². The van der Waals surface area contributed by atoms with Crippen molar-refractivity contribution in [3.63, 3.8) is 0 Å². The summed E-state index contributed by atoms with van der Waals surface area (Å²) >= 11 is 0. The third-order valence-corrected chi connectivity index (χ3v) is 7.97. The number of amides is 1. The number of nitrogens with zero attached hydrogens (tertiary/aromatic N) is 1. The van der Waals surface area contributed by atoms with Gasteiger partial charge in [-0.1, -0.05) is 0 Å². The van der Waals surface area contributed by atoms with Gasteiger partial charge in [-0.25, -0.2) is 16.8 Å². The van der Waals surface area contributed by atoms with Crippen molar-refractivity contribution in [1.82, 2.24) is 4.31 Å². The maximum Gasteiger partial charge on any atom is 0.243 e. The van der Waals surface area contributed by atoms with Gasteiger partial charge in [0.15, 0.2) is 9.84 Å². The summed E-state index contributed by atoms with van der Waals surface area (Å²) in [7, 11) is -6.26. The summed E-state index contributed by atoms with van der Waals surface area (Å²) < 4.78 is 56.1. The first kappa shape index (κ1) is 22.6. The molecule has 0 aliphatic carbocycles. The molecule has 10 nitrogen and oxygen atoms in total. The Morgan fingerprint density at radius 2 is 2.11 bits per heavy atom. The van der Waals surface area contributed by atoms with Crippen LogP contribution in [0.15, 0.2) is 23.1 Å². The number of sulfonamides is 1. The summed E-state index contributed by atoms with van der Waals surface area (Å²) in [5.41, 5.74) is 0.137. The van der Waals surface area contributed by atoms with E-state index in [1.165, 1.54) is 32.2 Å². The second-order valence-corrected chi connectivity index (χ2v) is 10.6. The van der Waals surface area contributed by atoms with Gasteiger partial charge in [-0.15, -0.1) is 0 Å². The van der Waals surface area contributed by atoms with Crippen LogP contribution in [0.5, 0.6) is 5.75 Å². The van der Waals surface area contributed by atoms with Crippen LogP contribution in [0.25, 0.3) is 0 Å². The van der Waals surface area contributed by atoms with E-state index < -0.39 is 51.1 Å². The van der Waals surface area contributed by atoms with E-state index in [1.807, 2.05) is 0 Å². The second kappa shape index (κ2) is 8.74. The number of carbonyl (C=O) groups excluding carboxylic acids is 1. The van der Waals surface area contributed by atoms with Crippen molar-refractivity contribution in [1.29, 1.82) is 0 Å². The van der Waals surface area contributed by atoms with Gasteiger partial charge < -0.3 is 20.3 Å². The molecule has 0 aromatic heterocycles. The predicted octanol–water partition coefficient (Wildman–Crippen LogP) is -0.815. The van der Waals surface area contributed by atoms with E-state index in [0.717, 1.165) is 4.31 Å². The minimum atomic E-state index is -4.23. The molecule has 2 atom stereocenters. The Balaban J connectivity index is 2.48. The van der Waals surface area contributed by atoms with Crippen LogP contribution >= 0.6 is 0 Å². The fraction of sp³-hybridized carbons (Fsp3) is 0.562. The lowest BCUT2D eigenvalue weighted by Gasteiger charge is -2.29. The number of ether oxygens (including phenoxy) is 1. The van der Waals surface area contributed by atoms with E-state index in [1.54, 1.807) is 0 Å². The normalized spacial score (nSPS) is 20.1. The van der Waals surface area contributed by atoms with Crippen LogP contribution in [-0.4, -0.2) is 81.2 Å². The summed E-state index contributed by atoms with van der Waals surface area (Å²) in [6, 6.07) is 2.98. The molecule has 1 aliphatic rings. The number of benzene rings is 1. The van der Waals surface area contributed by atoms with Crippen molar-refractivity contribution in [3.8, 4) is 5.75 Å². The molecule has 1 amide bonds. The zero-order valence-electron chi connectivity index (χ0n) is 15.5. The molecule has 158 valence electrons. The Bertz CT molecular complexity index is 930. The Labute approximate surface area is 164 Å². The molecule has 3 N–H and O–H groups in total. The van der Waals surface area contributed by atoms with E-state index in [0.29, 0.717) is 0 Å². The number of aliphatic hydroxyl groups excluding tert-OH is 2. The highest BCUT2D eigenvalue weighted by molar-refractivity contribution is 7.92. The fourth-order valence-electron chi connectivity index (χ4n) is 2.98. The summed E-state index contributed by atoms with van der Waals surface area (Å²) in [5.74, 6) is -0.695. The lowest BCUT2D eigenvalue weighted by Crippen LogP contribution is -2.46. The molecular formula is C16H24N2O8S2. The third kappa shape index (κ3) is 5.20. The summed E-state index contributed by atoms with van der Waals surface area (Å²) in [6.45, 7) is 0.125. The van der Waals surface area contributed by atoms with Crippen LogP contribution in [-0.2, 0) is 24.7 Å². The van der Waals surface area contributed by atoms with E-state index in [2.05, 4.69) is 5.32 Å². The largest absolute Gasteiger partial charge is 0.495 e. The molecule has 0 spiro atoms. The first-order chi connectivity index (χ1) is 13.0. The number of carbonyl (C=O) groups is 1. The van der Waals surface area contributed by atoms with Gasteiger partial charge in [0, 0.05) is 19.5 Å². The molecule has 28 heavy (non-hydrogen) atoms. The van der Waals surface area contributed by atoms with Crippen molar-refractivity contribution < 1.29 is 36.6 Å². The third-order valence-electron chi connectivity index (χ3n) is 4.31. The number of anilines is 1. The monoisotopic (exact) mass is 436 g/mol. The molecule has 1 heterocycles. The summed E-state index contributed by atoms with van der Waals surface area (Å²) in [5, 5.41) is 21.4. The SMILES string of the molecule is COc1ccc(S(=O)(=O)N(C[C@@H](O)CO)[C@H]2CCS(=O)(=O)C2)cc1NC(C)=O. The topological polar surface area (TPSA) is 150 Å². The van der Waals surface area contributed by atoms with Gasteiger partial charge in [0.1, 0.15) is 5.75 Å². The molecule has 1 fully saturated rings. The molecule has 1 aromatic rings. The molecule has 12 heteroatoms. The smallest absolute Gasteiger partial charge is 0.243 e. The Hall–Kier alpha value is -1.73. The molecule has 0 saturated carbocycles. The first-order valence-electron chi connectivity index (χ1n) is 8.47.